The highest BCUT2D eigenvalue weighted by Crippen LogP contribution is 2.20. The molecule has 0 aliphatic heterocycles. The number of nitrogens with one attached hydrogen (secondary N) is 1. The summed E-state index contributed by atoms with van der Waals surface area (Å²) in [6, 6.07) is 0.478. The Morgan fingerprint density at radius 1 is 1.18 bits per heavy atom. The molecular weight excluding hydrogens is 212 g/mol. The summed E-state index contributed by atoms with van der Waals surface area (Å²) in [4.78, 5) is 7.07. The van der Waals surface area contributed by atoms with E-state index in [9.17, 15) is 0 Å². The van der Waals surface area contributed by atoms with Crippen LogP contribution in [0.4, 0.5) is 0 Å². The third-order valence-corrected chi connectivity index (χ3v) is 3.30. The van der Waals surface area contributed by atoms with Crippen molar-refractivity contribution in [2.75, 3.05) is 13.1 Å². The lowest BCUT2D eigenvalue weighted by Gasteiger charge is -2.27. The summed E-state index contributed by atoms with van der Waals surface area (Å²) in [5.74, 6) is 6.52. The molecule has 1 fully saturated rings. The average molecular weight is 240 g/mol. The molecule has 0 bridgehead atoms. The predicted octanol–water partition coefficient (Wildman–Crippen LogP) is 2.26. The van der Waals surface area contributed by atoms with E-state index in [1.807, 2.05) is 0 Å². The maximum Gasteiger partial charge on any atom is 0.208 e. The zero-order valence-electron chi connectivity index (χ0n) is 11.4. The van der Waals surface area contributed by atoms with E-state index >= 15 is 0 Å². The van der Waals surface area contributed by atoms with Gasteiger partial charge in [0.15, 0.2) is 0 Å². The number of guanidine groups is 1. The Labute approximate surface area is 106 Å². The fourth-order valence-electron chi connectivity index (χ4n) is 2.46. The van der Waals surface area contributed by atoms with Gasteiger partial charge in [-0.25, -0.2) is 10.8 Å². The van der Waals surface area contributed by atoms with Crippen molar-refractivity contribution in [1.82, 2.24) is 10.3 Å². The molecule has 0 radical (unpaired) electrons. The summed E-state index contributed by atoms with van der Waals surface area (Å²) in [6.45, 7) is 6.45. The molecule has 0 spiro atoms. The van der Waals surface area contributed by atoms with E-state index in [-0.39, 0.29) is 0 Å². The van der Waals surface area contributed by atoms with Crippen LogP contribution >= 0.6 is 0 Å². The molecule has 4 heteroatoms. The van der Waals surface area contributed by atoms with Crippen molar-refractivity contribution in [3.8, 4) is 0 Å². The van der Waals surface area contributed by atoms with Crippen molar-refractivity contribution in [2.24, 2.45) is 10.8 Å². The summed E-state index contributed by atoms with van der Waals surface area (Å²) in [5.41, 5.74) is 2.79. The molecule has 0 unspecified atom stereocenters. The molecule has 1 saturated carbocycles. The molecule has 17 heavy (non-hydrogen) atoms. The number of hydrogen-bond donors (Lipinski definition) is 2. The molecule has 0 atom stereocenters. The van der Waals surface area contributed by atoms with Crippen LogP contribution in [-0.4, -0.2) is 30.0 Å². The van der Waals surface area contributed by atoms with E-state index in [2.05, 4.69) is 24.2 Å². The van der Waals surface area contributed by atoms with Crippen molar-refractivity contribution in [3.63, 3.8) is 0 Å². The minimum absolute atomic E-state index is 0.478. The maximum absolute atomic E-state index is 5.63. The summed E-state index contributed by atoms with van der Waals surface area (Å²) in [6.07, 6.45) is 8.69. The SMILES string of the molecule is CCCN(CCC)C(=NC1CCCCC1)NN. The minimum Gasteiger partial charge on any atom is -0.342 e. The van der Waals surface area contributed by atoms with Gasteiger partial charge in [-0.3, -0.25) is 5.43 Å². The lowest BCUT2D eigenvalue weighted by atomic mass is 9.96. The van der Waals surface area contributed by atoms with Crippen LogP contribution in [-0.2, 0) is 0 Å². The van der Waals surface area contributed by atoms with E-state index in [0.29, 0.717) is 6.04 Å². The van der Waals surface area contributed by atoms with Crippen molar-refractivity contribution in [3.05, 3.63) is 0 Å². The molecule has 100 valence electrons. The Morgan fingerprint density at radius 2 is 1.76 bits per heavy atom. The topological polar surface area (TPSA) is 53.6 Å². The number of nitrogens with two attached hydrogens (primary N) is 1. The Hall–Kier alpha value is -0.770. The van der Waals surface area contributed by atoms with Crippen LogP contribution in [0.5, 0.6) is 0 Å². The Balaban J connectivity index is 2.60. The van der Waals surface area contributed by atoms with Crippen LogP contribution < -0.4 is 11.3 Å². The molecule has 0 heterocycles. The highest BCUT2D eigenvalue weighted by Gasteiger charge is 2.15. The quantitative estimate of drug-likeness (QED) is 0.335. The average Bonchev–Trinajstić information content (AvgIpc) is 2.37. The largest absolute Gasteiger partial charge is 0.342 e. The molecule has 0 aromatic heterocycles. The van der Waals surface area contributed by atoms with Gasteiger partial charge >= 0.3 is 0 Å². The van der Waals surface area contributed by atoms with E-state index in [4.69, 9.17) is 10.8 Å². The van der Waals surface area contributed by atoms with Gasteiger partial charge in [0.05, 0.1) is 6.04 Å². The third-order valence-electron chi connectivity index (χ3n) is 3.30. The fourth-order valence-corrected chi connectivity index (χ4v) is 2.46. The second-order valence-electron chi connectivity index (χ2n) is 4.88. The molecule has 1 rings (SSSR count). The zero-order chi connectivity index (χ0) is 12.5. The van der Waals surface area contributed by atoms with Gasteiger partial charge in [0.2, 0.25) is 5.96 Å². The van der Waals surface area contributed by atoms with E-state index in [1.54, 1.807) is 0 Å². The van der Waals surface area contributed by atoms with Crippen LogP contribution in [0.3, 0.4) is 0 Å². The molecular formula is C13H28N4. The number of nitrogens with zero attached hydrogens (tertiary/aromatic N) is 2. The van der Waals surface area contributed by atoms with E-state index in [1.165, 1.54) is 32.1 Å². The lowest BCUT2D eigenvalue weighted by molar-refractivity contribution is 0.386. The Morgan fingerprint density at radius 3 is 2.24 bits per heavy atom. The van der Waals surface area contributed by atoms with Gasteiger partial charge in [0.1, 0.15) is 0 Å². The van der Waals surface area contributed by atoms with Gasteiger partial charge < -0.3 is 4.90 Å². The van der Waals surface area contributed by atoms with Crippen LogP contribution in [0.15, 0.2) is 4.99 Å². The van der Waals surface area contributed by atoms with Crippen molar-refractivity contribution < 1.29 is 0 Å². The maximum atomic E-state index is 5.63. The van der Waals surface area contributed by atoms with E-state index < -0.39 is 0 Å². The highest BCUT2D eigenvalue weighted by atomic mass is 15.4. The van der Waals surface area contributed by atoms with E-state index in [0.717, 1.165) is 31.9 Å². The first-order chi connectivity index (χ1) is 8.31. The molecule has 1 aliphatic rings. The second kappa shape index (κ2) is 8.34. The van der Waals surface area contributed by atoms with Crippen LogP contribution in [0, 0.1) is 0 Å². The van der Waals surface area contributed by atoms with Gasteiger partial charge in [-0.05, 0) is 25.7 Å². The first-order valence-corrected chi connectivity index (χ1v) is 7.11. The second-order valence-corrected chi connectivity index (χ2v) is 4.88. The summed E-state index contributed by atoms with van der Waals surface area (Å²) >= 11 is 0. The van der Waals surface area contributed by atoms with Crippen LogP contribution in [0.2, 0.25) is 0 Å². The van der Waals surface area contributed by atoms with Gasteiger partial charge in [-0.1, -0.05) is 33.1 Å². The lowest BCUT2D eigenvalue weighted by Crippen LogP contribution is -2.46. The van der Waals surface area contributed by atoms with Gasteiger partial charge in [0.25, 0.3) is 0 Å². The molecule has 0 aromatic rings. The number of hydrogen-bond acceptors (Lipinski definition) is 2. The molecule has 0 amide bonds. The first kappa shape index (κ1) is 14.3. The van der Waals surface area contributed by atoms with Gasteiger partial charge in [-0.2, -0.15) is 0 Å². The smallest absolute Gasteiger partial charge is 0.208 e. The molecule has 1 aliphatic carbocycles. The van der Waals surface area contributed by atoms with Crippen LogP contribution in [0.25, 0.3) is 0 Å². The molecule has 3 N–H and O–H groups in total. The monoisotopic (exact) mass is 240 g/mol. The number of rotatable bonds is 5. The molecule has 0 aromatic carbocycles. The Bertz CT molecular complexity index is 215. The Kier molecular flexibility index (Phi) is 7.01. The predicted molar refractivity (Wildman–Crippen MR) is 73.8 cm³/mol. The summed E-state index contributed by atoms with van der Waals surface area (Å²) in [7, 11) is 0. The molecule has 4 nitrogen and oxygen atoms in total. The van der Waals surface area contributed by atoms with Crippen LogP contribution in [0.1, 0.15) is 58.8 Å². The van der Waals surface area contributed by atoms with Crippen molar-refractivity contribution >= 4 is 5.96 Å². The minimum atomic E-state index is 0.478. The highest BCUT2D eigenvalue weighted by molar-refractivity contribution is 5.79. The van der Waals surface area contributed by atoms with Gasteiger partial charge in [0, 0.05) is 13.1 Å². The van der Waals surface area contributed by atoms with Gasteiger partial charge in [-0.15, -0.1) is 0 Å². The summed E-state index contributed by atoms with van der Waals surface area (Å²) < 4.78 is 0. The van der Waals surface area contributed by atoms with Crippen molar-refractivity contribution in [1.29, 1.82) is 0 Å². The number of hydrazine groups is 1. The normalized spacial score (nSPS) is 18.2. The number of aliphatic imine (C=N–C) groups is 1. The third kappa shape index (κ3) is 4.94. The summed E-state index contributed by atoms with van der Waals surface area (Å²) in [5, 5.41) is 0. The first-order valence-electron chi connectivity index (χ1n) is 7.11. The van der Waals surface area contributed by atoms with Crippen molar-refractivity contribution in [2.45, 2.75) is 64.8 Å². The molecule has 0 saturated heterocycles. The standard InChI is InChI=1S/C13H28N4/c1-3-10-17(11-4-2)13(16-14)15-12-8-6-5-7-9-12/h12H,3-11,14H2,1-2H3,(H,15,16). The fraction of sp³-hybridized carbons (Fsp3) is 0.923. The zero-order valence-corrected chi connectivity index (χ0v) is 11.4.